The molecule has 1 aliphatic heterocycles. The molecule has 1 saturated heterocycles. The second-order valence-corrected chi connectivity index (χ2v) is 5.26. The summed E-state index contributed by atoms with van der Waals surface area (Å²) in [6, 6.07) is 5.48. The van der Waals surface area contributed by atoms with Crippen molar-refractivity contribution in [2.75, 3.05) is 59.2 Å². The molecule has 1 aromatic carbocycles. The fraction of sp³-hybridized carbons (Fsp3) is 0.600. The number of nitrogen functional groups attached to an aromatic ring is 1. The predicted octanol–water partition coefficient (Wildman–Crippen LogP) is 1.29. The van der Waals surface area contributed by atoms with E-state index in [1.54, 1.807) is 13.2 Å². The van der Waals surface area contributed by atoms with E-state index in [0.29, 0.717) is 18.0 Å². The molecule has 2 rings (SSSR count). The molecule has 2 N–H and O–H groups in total. The maximum atomic E-state index is 5.78. The van der Waals surface area contributed by atoms with E-state index in [1.807, 2.05) is 12.1 Å². The van der Waals surface area contributed by atoms with Gasteiger partial charge in [-0.15, -0.1) is 0 Å². The van der Waals surface area contributed by atoms with Crippen LogP contribution in [0.15, 0.2) is 18.2 Å². The average molecular weight is 279 g/mol. The van der Waals surface area contributed by atoms with Crippen LogP contribution < -0.4 is 15.2 Å². The van der Waals surface area contributed by atoms with Crippen LogP contribution in [-0.2, 0) is 0 Å². The van der Waals surface area contributed by atoms with Crippen LogP contribution in [0.5, 0.6) is 11.5 Å². The Hall–Kier alpha value is -1.46. The fourth-order valence-corrected chi connectivity index (χ4v) is 2.35. The molecule has 5 nitrogen and oxygen atoms in total. The smallest absolute Gasteiger partial charge is 0.162 e. The van der Waals surface area contributed by atoms with E-state index in [-0.39, 0.29) is 0 Å². The lowest BCUT2D eigenvalue weighted by molar-refractivity contribution is 0.145. The Morgan fingerprint density at radius 3 is 2.60 bits per heavy atom. The van der Waals surface area contributed by atoms with Crippen LogP contribution in [-0.4, -0.2) is 63.3 Å². The number of likely N-dealkylation sites (N-methyl/N-ethyl adjacent to an activating group) is 1. The Morgan fingerprint density at radius 2 is 1.90 bits per heavy atom. The lowest BCUT2D eigenvalue weighted by atomic mass is 10.3. The van der Waals surface area contributed by atoms with E-state index in [1.165, 1.54) is 0 Å². The van der Waals surface area contributed by atoms with Gasteiger partial charge in [0.25, 0.3) is 0 Å². The van der Waals surface area contributed by atoms with Gasteiger partial charge < -0.3 is 25.0 Å². The summed E-state index contributed by atoms with van der Waals surface area (Å²) in [5.41, 5.74) is 6.41. The van der Waals surface area contributed by atoms with E-state index >= 15 is 0 Å². The van der Waals surface area contributed by atoms with Crippen LogP contribution in [0.3, 0.4) is 0 Å². The number of benzene rings is 1. The summed E-state index contributed by atoms with van der Waals surface area (Å²) < 4.78 is 11.0. The number of methoxy groups -OCH3 is 1. The molecule has 0 radical (unpaired) electrons. The molecule has 20 heavy (non-hydrogen) atoms. The highest BCUT2D eigenvalue weighted by atomic mass is 16.5. The zero-order chi connectivity index (χ0) is 14.4. The van der Waals surface area contributed by atoms with Crippen LogP contribution in [0.25, 0.3) is 0 Å². The first kappa shape index (κ1) is 14.9. The summed E-state index contributed by atoms with van der Waals surface area (Å²) >= 11 is 0. The lowest BCUT2D eigenvalue weighted by Gasteiger charge is -2.32. The van der Waals surface area contributed by atoms with Gasteiger partial charge in [-0.1, -0.05) is 0 Å². The Balaban J connectivity index is 1.71. The van der Waals surface area contributed by atoms with Crippen LogP contribution in [0.4, 0.5) is 5.69 Å². The number of hydrogen-bond acceptors (Lipinski definition) is 5. The molecule has 0 unspecified atom stereocenters. The van der Waals surface area contributed by atoms with E-state index < -0.39 is 0 Å². The number of anilines is 1. The predicted molar refractivity (Wildman–Crippen MR) is 81.5 cm³/mol. The largest absolute Gasteiger partial charge is 0.493 e. The zero-order valence-electron chi connectivity index (χ0n) is 12.5. The monoisotopic (exact) mass is 279 g/mol. The van der Waals surface area contributed by atoms with Crippen molar-refractivity contribution in [2.24, 2.45) is 0 Å². The van der Waals surface area contributed by atoms with Crippen LogP contribution in [0.1, 0.15) is 6.42 Å². The van der Waals surface area contributed by atoms with E-state index in [4.69, 9.17) is 15.2 Å². The standard InChI is InChI=1S/C15H25N3O2/c1-17-7-9-18(10-8-17)6-3-11-20-14-5-4-13(16)12-15(14)19-2/h4-5,12H,3,6-11,16H2,1-2H3. The number of nitrogens with two attached hydrogens (primary N) is 1. The lowest BCUT2D eigenvalue weighted by Crippen LogP contribution is -2.44. The van der Waals surface area contributed by atoms with Crippen molar-refractivity contribution in [3.05, 3.63) is 18.2 Å². The normalized spacial score (nSPS) is 17.1. The van der Waals surface area contributed by atoms with Crippen LogP contribution in [0.2, 0.25) is 0 Å². The average Bonchev–Trinajstić information content (AvgIpc) is 2.46. The van der Waals surface area contributed by atoms with Gasteiger partial charge in [-0.3, -0.25) is 0 Å². The van der Waals surface area contributed by atoms with Crippen molar-refractivity contribution < 1.29 is 9.47 Å². The molecular weight excluding hydrogens is 254 g/mol. The molecule has 1 heterocycles. The molecule has 1 aliphatic rings. The first-order chi connectivity index (χ1) is 9.69. The second kappa shape index (κ2) is 7.36. The van der Waals surface area contributed by atoms with Crippen molar-refractivity contribution in [3.8, 4) is 11.5 Å². The highest BCUT2D eigenvalue weighted by molar-refractivity contribution is 5.51. The quantitative estimate of drug-likeness (QED) is 0.628. The molecule has 0 aliphatic carbocycles. The maximum Gasteiger partial charge on any atom is 0.162 e. The highest BCUT2D eigenvalue weighted by Crippen LogP contribution is 2.28. The minimum Gasteiger partial charge on any atom is -0.493 e. The van der Waals surface area contributed by atoms with Gasteiger partial charge in [0, 0.05) is 44.5 Å². The Bertz CT molecular complexity index is 418. The van der Waals surface area contributed by atoms with Crippen LogP contribution in [0, 0.1) is 0 Å². The van der Waals surface area contributed by atoms with Gasteiger partial charge in [-0.25, -0.2) is 0 Å². The SMILES string of the molecule is COc1cc(N)ccc1OCCCN1CCN(C)CC1. The topological polar surface area (TPSA) is 51.0 Å². The van der Waals surface area contributed by atoms with E-state index in [2.05, 4.69) is 16.8 Å². The summed E-state index contributed by atoms with van der Waals surface area (Å²) in [4.78, 5) is 4.86. The minimum absolute atomic E-state index is 0.687. The molecule has 0 spiro atoms. The number of rotatable bonds is 6. The van der Waals surface area contributed by atoms with Crippen molar-refractivity contribution >= 4 is 5.69 Å². The van der Waals surface area contributed by atoms with Crippen molar-refractivity contribution in [1.82, 2.24) is 9.80 Å². The fourth-order valence-electron chi connectivity index (χ4n) is 2.35. The minimum atomic E-state index is 0.687. The Labute approximate surface area is 121 Å². The molecular formula is C15H25N3O2. The van der Waals surface area contributed by atoms with E-state index in [9.17, 15) is 0 Å². The van der Waals surface area contributed by atoms with Crippen molar-refractivity contribution in [2.45, 2.75) is 6.42 Å². The Morgan fingerprint density at radius 1 is 1.15 bits per heavy atom. The van der Waals surface area contributed by atoms with Gasteiger partial charge >= 0.3 is 0 Å². The molecule has 0 atom stereocenters. The van der Waals surface area contributed by atoms with Gasteiger partial charge in [0.1, 0.15) is 0 Å². The molecule has 0 amide bonds. The van der Waals surface area contributed by atoms with Crippen molar-refractivity contribution in [1.29, 1.82) is 0 Å². The van der Waals surface area contributed by atoms with Gasteiger partial charge in [0.2, 0.25) is 0 Å². The first-order valence-electron chi connectivity index (χ1n) is 7.16. The number of ether oxygens (including phenoxy) is 2. The summed E-state index contributed by atoms with van der Waals surface area (Å²) in [5, 5.41) is 0. The number of piperazine rings is 1. The van der Waals surface area contributed by atoms with Gasteiger partial charge in [-0.05, 0) is 25.6 Å². The third kappa shape index (κ3) is 4.28. The molecule has 0 bridgehead atoms. The van der Waals surface area contributed by atoms with Crippen molar-refractivity contribution in [3.63, 3.8) is 0 Å². The number of hydrogen-bond donors (Lipinski definition) is 1. The van der Waals surface area contributed by atoms with E-state index in [0.717, 1.165) is 44.9 Å². The molecule has 1 aromatic rings. The Kier molecular flexibility index (Phi) is 5.49. The molecule has 5 heteroatoms. The maximum absolute atomic E-state index is 5.78. The third-order valence-corrected chi connectivity index (χ3v) is 3.66. The summed E-state index contributed by atoms with van der Waals surface area (Å²) in [6.07, 6.45) is 1.03. The molecule has 0 aromatic heterocycles. The first-order valence-corrected chi connectivity index (χ1v) is 7.16. The highest BCUT2D eigenvalue weighted by Gasteiger charge is 2.13. The third-order valence-electron chi connectivity index (χ3n) is 3.66. The number of nitrogens with zero attached hydrogens (tertiary/aromatic N) is 2. The molecule has 0 saturated carbocycles. The summed E-state index contributed by atoms with van der Waals surface area (Å²) in [6.45, 7) is 6.42. The van der Waals surface area contributed by atoms with Gasteiger partial charge in [-0.2, -0.15) is 0 Å². The molecule has 1 fully saturated rings. The van der Waals surface area contributed by atoms with Crippen LogP contribution >= 0.6 is 0 Å². The van der Waals surface area contributed by atoms with Gasteiger partial charge in [0.15, 0.2) is 11.5 Å². The molecule has 112 valence electrons. The van der Waals surface area contributed by atoms with Gasteiger partial charge in [0.05, 0.1) is 13.7 Å². The second-order valence-electron chi connectivity index (χ2n) is 5.26. The summed E-state index contributed by atoms with van der Waals surface area (Å²) in [5.74, 6) is 1.46. The summed E-state index contributed by atoms with van der Waals surface area (Å²) in [7, 11) is 3.81. The zero-order valence-corrected chi connectivity index (χ0v) is 12.5.